The van der Waals surface area contributed by atoms with Crippen molar-refractivity contribution in [3.05, 3.63) is 54.6 Å². The molecule has 2 bridgehead atoms. The molecule has 0 aliphatic heterocycles. The van der Waals surface area contributed by atoms with Gasteiger partial charge in [-0.15, -0.1) is 0 Å². The number of ketones is 1. The van der Waals surface area contributed by atoms with Crippen molar-refractivity contribution in [3.8, 4) is 5.75 Å². The number of para-hydroxylation sites is 1. The van der Waals surface area contributed by atoms with Crippen molar-refractivity contribution >= 4 is 28.8 Å². The van der Waals surface area contributed by atoms with Crippen molar-refractivity contribution < 1.29 is 14.3 Å². The number of nitrogens with one attached hydrogen (secondary N) is 2. The van der Waals surface area contributed by atoms with Gasteiger partial charge >= 0.3 is 0 Å². The lowest BCUT2D eigenvalue weighted by Crippen LogP contribution is -2.47. The molecule has 0 saturated heterocycles. The number of benzene rings is 2. The van der Waals surface area contributed by atoms with Gasteiger partial charge in [0.2, 0.25) is 5.91 Å². The van der Waals surface area contributed by atoms with E-state index in [1.807, 2.05) is 63.2 Å². The van der Waals surface area contributed by atoms with Gasteiger partial charge in [-0.3, -0.25) is 15.0 Å². The van der Waals surface area contributed by atoms with E-state index in [1.165, 1.54) is 0 Å². The third kappa shape index (κ3) is 2.66. The van der Waals surface area contributed by atoms with Crippen LogP contribution in [0.4, 0.5) is 11.4 Å². The van der Waals surface area contributed by atoms with Crippen LogP contribution in [0.15, 0.2) is 59.7 Å². The Morgan fingerprint density at radius 3 is 2.40 bits per heavy atom. The Morgan fingerprint density at radius 2 is 1.70 bits per heavy atom. The van der Waals surface area contributed by atoms with Crippen LogP contribution in [0.2, 0.25) is 0 Å². The van der Waals surface area contributed by atoms with E-state index >= 15 is 0 Å². The highest BCUT2D eigenvalue weighted by Crippen LogP contribution is 2.69. The number of carbonyl (C=O) groups excluding carboxylic acids is 2. The highest BCUT2D eigenvalue weighted by molar-refractivity contribution is 6.51. The third-order valence-electron chi connectivity index (χ3n) is 7.36. The quantitative estimate of drug-likeness (QED) is 0.567. The highest BCUT2D eigenvalue weighted by Gasteiger charge is 2.76. The molecule has 2 N–H and O–H groups in total. The molecule has 2 aromatic carbocycles. The van der Waals surface area contributed by atoms with E-state index in [2.05, 4.69) is 15.8 Å². The first-order chi connectivity index (χ1) is 14.3. The molecule has 0 heterocycles. The van der Waals surface area contributed by atoms with Gasteiger partial charge in [0, 0.05) is 17.2 Å². The molecule has 4 rings (SSSR count). The predicted octanol–water partition coefficient (Wildman–Crippen LogP) is 4.50. The number of rotatable bonds is 5. The fourth-order valence-electron chi connectivity index (χ4n) is 5.04. The van der Waals surface area contributed by atoms with E-state index in [0.717, 1.165) is 12.1 Å². The van der Waals surface area contributed by atoms with Crippen molar-refractivity contribution in [3.63, 3.8) is 0 Å². The van der Waals surface area contributed by atoms with Gasteiger partial charge in [-0.1, -0.05) is 45.0 Å². The zero-order valence-electron chi connectivity index (χ0n) is 17.8. The minimum absolute atomic E-state index is 0.190. The Bertz CT molecular complexity index is 1030. The Labute approximate surface area is 176 Å². The summed E-state index contributed by atoms with van der Waals surface area (Å²) in [5.74, 6) is 0.178. The largest absolute Gasteiger partial charge is 0.497 e. The second kappa shape index (κ2) is 6.97. The molecule has 2 saturated carbocycles. The van der Waals surface area contributed by atoms with Crippen molar-refractivity contribution in [2.75, 3.05) is 17.9 Å². The second-order valence-corrected chi connectivity index (χ2v) is 8.82. The van der Waals surface area contributed by atoms with Gasteiger partial charge in [0.25, 0.3) is 0 Å². The van der Waals surface area contributed by atoms with Crippen molar-refractivity contribution in [2.45, 2.75) is 33.6 Å². The summed E-state index contributed by atoms with van der Waals surface area (Å²) < 4.78 is 5.25. The molecule has 156 valence electrons. The van der Waals surface area contributed by atoms with E-state index in [1.54, 1.807) is 19.2 Å². The van der Waals surface area contributed by atoms with E-state index in [4.69, 9.17) is 4.74 Å². The van der Waals surface area contributed by atoms with E-state index < -0.39 is 16.2 Å². The fraction of sp³-hybridized carbons (Fsp3) is 0.375. The Kier molecular flexibility index (Phi) is 4.68. The Morgan fingerprint density at radius 1 is 1.00 bits per heavy atom. The number of hydrogen-bond donors (Lipinski definition) is 2. The molecule has 2 atom stereocenters. The maximum Gasteiger partial charge on any atom is 0.239 e. The molecule has 30 heavy (non-hydrogen) atoms. The van der Waals surface area contributed by atoms with Gasteiger partial charge in [-0.2, -0.15) is 5.10 Å². The lowest BCUT2D eigenvalue weighted by atomic mass is 9.64. The molecule has 6 nitrogen and oxygen atoms in total. The van der Waals surface area contributed by atoms with Gasteiger partial charge < -0.3 is 10.1 Å². The number of amides is 1. The number of ether oxygens (including phenoxy) is 1. The summed E-state index contributed by atoms with van der Waals surface area (Å²) in [6, 6.07) is 16.7. The lowest BCUT2D eigenvalue weighted by molar-refractivity contribution is -0.139. The van der Waals surface area contributed by atoms with Crippen LogP contribution in [0.1, 0.15) is 33.6 Å². The first kappa shape index (κ1) is 20.1. The number of Topliss-reactive ketones (excluding diaryl/α,β-unsaturated/α-hetero) is 1. The van der Waals surface area contributed by atoms with Crippen LogP contribution in [0, 0.1) is 16.2 Å². The number of hydrogen-bond acceptors (Lipinski definition) is 5. The second-order valence-electron chi connectivity index (χ2n) is 8.82. The highest BCUT2D eigenvalue weighted by atomic mass is 16.5. The minimum Gasteiger partial charge on any atom is -0.497 e. The molecular weight excluding hydrogens is 378 g/mol. The Balaban J connectivity index is 1.68. The van der Waals surface area contributed by atoms with Crippen LogP contribution in [0.3, 0.4) is 0 Å². The van der Waals surface area contributed by atoms with Gasteiger partial charge in [-0.25, -0.2) is 0 Å². The molecule has 6 heteroatoms. The topological polar surface area (TPSA) is 79.8 Å². The van der Waals surface area contributed by atoms with Crippen LogP contribution < -0.4 is 15.5 Å². The molecule has 0 radical (unpaired) electrons. The third-order valence-corrected chi connectivity index (χ3v) is 7.36. The SMILES string of the molecule is COc1cccc(NC(=O)C23CCC(C)(C(=NNc4ccccc4)C2=O)C3(C)C)c1. The normalized spacial score (nSPS) is 27.9. The predicted molar refractivity (Wildman–Crippen MR) is 118 cm³/mol. The van der Waals surface area contributed by atoms with Gasteiger partial charge in [-0.05, 0) is 42.5 Å². The summed E-state index contributed by atoms with van der Waals surface area (Å²) in [5, 5.41) is 7.46. The van der Waals surface area contributed by atoms with Gasteiger partial charge in [0.05, 0.1) is 12.8 Å². The molecule has 1 amide bonds. The number of carbonyl (C=O) groups is 2. The molecule has 2 aromatic rings. The molecular formula is C24H27N3O3. The number of fused-ring (bicyclic) bond motifs is 2. The monoisotopic (exact) mass is 405 g/mol. The van der Waals surface area contributed by atoms with Gasteiger partial charge in [0.1, 0.15) is 16.9 Å². The van der Waals surface area contributed by atoms with Crippen LogP contribution in [-0.2, 0) is 9.59 Å². The first-order valence-electron chi connectivity index (χ1n) is 10.2. The van der Waals surface area contributed by atoms with Gasteiger partial charge in [0.15, 0.2) is 5.78 Å². The number of methoxy groups -OCH3 is 1. The summed E-state index contributed by atoms with van der Waals surface area (Å²) in [5.41, 5.74) is 2.65. The van der Waals surface area contributed by atoms with Crippen LogP contribution in [0.5, 0.6) is 5.75 Å². The number of nitrogens with zero attached hydrogens (tertiary/aromatic N) is 1. The summed E-state index contributed by atoms with van der Waals surface area (Å²) in [6.45, 7) is 6.06. The minimum atomic E-state index is -1.15. The van der Waals surface area contributed by atoms with E-state index in [0.29, 0.717) is 23.6 Å². The lowest BCUT2D eigenvalue weighted by Gasteiger charge is -2.37. The molecule has 0 aromatic heterocycles. The van der Waals surface area contributed by atoms with Crippen LogP contribution >= 0.6 is 0 Å². The first-order valence-corrected chi connectivity index (χ1v) is 10.2. The van der Waals surface area contributed by atoms with E-state index in [9.17, 15) is 9.59 Å². The van der Waals surface area contributed by atoms with Crippen LogP contribution in [0.25, 0.3) is 0 Å². The number of hydrazone groups is 1. The standard InChI is InChI=1S/C24H27N3O3/c1-22(2)23(3)13-14-24(22,21(29)25-17-11-8-12-18(15-17)30-4)20(28)19(23)27-26-16-9-6-5-7-10-16/h5-12,15,26H,13-14H2,1-4H3,(H,25,29). The fourth-order valence-corrected chi connectivity index (χ4v) is 5.04. The summed E-state index contributed by atoms with van der Waals surface area (Å²) in [6.07, 6.45) is 1.24. The molecule has 2 fully saturated rings. The van der Waals surface area contributed by atoms with Crippen molar-refractivity contribution in [1.82, 2.24) is 0 Å². The zero-order chi connectivity index (χ0) is 21.6. The zero-order valence-corrected chi connectivity index (χ0v) is 17.8. The smallest absolute Gasteiger partial charge is 0.239 e. The molecule has 2 unspecified atom stereocenters. The Hall–Kier alpha value is -3.15. The van der Waals surface area contributed by atoms with Crippen molar-refractivity contribution in [1.29, 1.82) is 0 Å². The molecule has 2 aliphatic carbocycles. The van der Waals surface area contributed by atoms with E-state index in [-0.39, 0.29) is 11.7 Å². The maximum absolute atomic E-state index is 13.6. The number of anilines is 2. The average Bonchev–Trinajstić information content (AvgIpc) is 3.02. The summed E-state index contributed by atoms with van der Waals surface area (Å²) in [7, 11) is 1.58. The van der Waals surface area contributed by atoms with Crippen LogP contribution in [-0.4, -0.2) is 24.5 Å². The summed E-state index contributed by atoms with van der Waals surface area (Å²) >= 11 is 0. The molecule has 0 spiro atoms. The summed E-state index contributed by atoms with van der Waals surface area (Å²) in [4.78, 5) is 27.2. The average molecular weight is 405 g/mol. The van der Waals surface area contributed by atoms with Crippen molar-refractivity contribution in [2.24, 2.45) is 21.3 Å². The molecule has 2 aliphatic rings. The maximum atomic E-state index is 13.6.